The molecule has 0 bridgehead atoms. The number of anilines is 2. The van der Waals surface area contributed by atoms with E-state index >= 15 is 0 Å². The number of hydrogen-bond acceptors (Lipinski definition) is 5. The van der Waals surface area contributed by atoms with Gasteiger partial charge in [0.25, 0.3) is 0 Å². The van der Waals surface area contributed by atoms with E-state index in [0.29, 0.717) is 22.2 Å². The molecule has 0 aliphatic rings. The van der Waals surface area contributed by atoms with Gasteiger partial charge in [-0.05, 0) is 30.3 Å². The number of nitrogens with zero attached hydrogens (tertiary/aromatic N) is 2. The van der Waals surface area contributed by atoms with Gasteiger partial charge in [0.2, 0.25) is 11.9 Å². The number of carbonyl (C=O) groups is 1. The molecule has 1 heterocycles. The maximum atomic E-state index is 12.6. The summed E-state index contributed by atoms with van der Waals surface area (Å²) in [5.74, 6) is 0.677. The van der Waals surface area contributed by atoms with E-state index in [9.17, 15) is 4.79 Å². The summed E-state index contributed by atoms with van der Waals surface area (Å²) >= 11 is 6.03. The topological polar surface area (TPSA) is 76.1 Å². The molecule has 7 heteroatoms. The fraction of sp³-hybridized carbons (Fsp3) is 0.0800. The van der Waals surface area contributed by atoms with Crippen LogP contribution in [-0.2, 0) is 4.79 Å². The molecule has 0 aliphatic carbocycles. The van der Waals surface area contributed by atoms with Crippen molar-refractivity contribution < 1.29 is 9.53 Å². The van der Waals surface area contributed by atoms with E-state index < -0.39 is 0 Å². The summed E-state index contributed by atoms with van der Waals surface area (Å²) in [4.78, 5) is 21.7. The molecule has 4 rings (SSSR count). The number of carbonyl (C=O) groups excluding carboxylic acids is 1. The molecular formula is C25H21ClN4O2. The lowest BCUT2D eigenvalue weighted by atomic mass is 10.1. The highest BCUT2D eigenvalue weighted by molar-refractivity contribution is 6.30. The summed E-state index contributed by atoms with van der Waals surface area (Å²) in [6.45, 7) is 0.0579. The first kappa shape index (κ1) is 21.3. The van der Waals surface area contributed by atoms with Crippen LogP contribution in [-0.4, -0.2) is 29.5 Å². The van der Waals surface area contributed by atoms with Gasteiger partial charge in [-0.2, -0.15) is 0 Å². The van der Waals surface area contributed by atoms with Crippen molar-refractivity contribution in [3.8, 4) is 28.3 Å². The average Bonchev–Trinajstić information content (AvgIpc) is 2.83. The molecule has 4 aromatic rings. The lowest BCUT2D eigenvalue weighted by Crippen LogP contribution is -2.23. The third-order valence-corrected chi connectivity index (χ3v) is 4.96. The zero-order chi connectivity index (χ0) is 22.3. The molecule has 0 spiro atoms. The van der Waals surface area contributed by atoms with Crippen LogP contribution in [0.1, 0.15) is 0 Å². The van der Waals surface area contributed by atoms with E-state index in [2.05, 4.69) is 20.6 Å². The molecule has 2 N–H and O–H groups in total. The van der Waals surface area contributed by atoms with Crippen molar-refractivity contribution in [2.75, 3.05) is 24.3 Å². The zero-order valence-corrected chi connectivity index (χ0v) is 18.1. The second kappa shape index (κ2) is 9.94. The molecular weight excluding hydrogens is 424 g/mol. The molecule has 6 nitrogen and oxygen atoms in total. The number of ether oxygens (including phenoxy) is 1. The Balaban J connectivity index is 1.57. The number of benzene rings is 3. The van der Waals surface area contributed by atoms with Crippen LogP contribution in [0.2, 0.25) is 5.02 Å². The minimum absolute atomic E-state index is 0.0579. The van der Waals surface area contributed by atoms with Crippen molar-refractivity contribution in [1.82, 2.24) is 9.97 Å². The second-order valence-electron chi connectivity index (χ2n) is 6.97. The van der Waals surface area contributed by atoms with Crippen molar-refractivity contribution in [2.45, 2.75) is 0 Å². The number of methoxy groups -OCH3 is 1. The Morgan fingerprint density at radius 3 is 2.25 bits per heavy atom. The largest absolute Gasteiger partial charge is 0.497 e. The Morgan fingerprint density at radius 2 is 1.56 bits per heavy atom. The van der Waals surface area contributed by atoms with Crippen LogP contribution in [0.25, 0.3) is 22.5 Å². The number of aromatic nitrogens is 2. The monoisotopic (exact) mass is 444 g/mol. The van der Waals surface area contributed by atoms with E-state index in [-0.39, 0.29) is 18.4 Å². The van der Waals surface area contributed by atoms with E-state index in [4.69, 9.17) is 16.3 Å². The third kappa shape index (κ3) is 5.42. The SMILES string of the molecule is COc1cccc(NCC(=O)Nc2nc(-c3ccccc3)cc(-c3ccc(Cl)cc3)n2)c1. The Morgan fingerprint density at radius 1 is 0.875 bits per heavy atom. The molecule has 32 heavy (non-hydrogen) atoms. The maximum Gasteiger partial charge on any atom is 0.246 e. The van der Waals surface area contributed by atoms with Gasteiger partial charge < -0.3 is 10.1 Å². The van der Waals surface area contributed by atoms with Gasteiger partial charge in [0.05, 0.1) is 25.0 Å². The van der Waals surface area contributed by atoms with Crippen LogP contribution in [0.5, 0.6) is 5.75 Å². The summed E-state index contributed by atoms with van der Waals surface area (Å²) in [6.07, 6.45) is 0. The molecule has 0 unspecified atom stereocenters. The van der Waals surface area contributed by atoms with Gasteiger partial charge in [0.15, 0.2) is 0 Å². The first-order valence-corrected chi connectivity index (χ1v) is 10.4. The van der Waals surface area contributed by atoms with E-state index in [0.717, 1.165) is 16.8 Å². The molecule has 0 saturated carbocycles. The van der Waals surface area contributed by atoms with Crippen LogP contribution in [0.15, 0.2) is 84.9 Å². The average molecular weight is 445 g/mol. The molecule has 0 atom stereocenters. The van der Waals surface area contributed by atoms with E-state index in [1.807, 2.05) is 72.8 Å². The van der Waals surface area contributed by atoms with Gasteiger partial charge in [-0.3, -0.25) is 10.1 Å². The normalized spacial score (nSPS) is 10.4. The smallest absolute Gasteiger partial charge is 0.246 e. The molecule has 0 saturated heterocycles. The van der Waals surface area contributed by atoms with Crippen LogP contribution in [0.4, 0.5) is 11.6 Å². The van der Waals surface area contributed by atoms with Gasteiger partial charge in [-0.15, -0.1) is 0 Å². The highest BCUT2D eigenvalue weighted by Crippen LogP contribution is 2.26. The lowest BCUT2D eigenvalue weighted by Gasteiger charge is -2.11. The Labute approximate surface area is 191 Å². The minimum atomic E-state index is -0.264. The van der Waals surface area contributed by atoms with Crippen molar-refractivity contribution in [1.29, 1.82) is 0 Å². The summed E-state index contributed by atoms with van der Waals surface area (Å²) in [5, 5.41) is 6.51. The number of halogens is 1. The van der Waals surface area contributed by atoms with Crippen molar-refractivity contribution in [3.63, 3.8) is 0 Å². The lowest BCUT2D eigenvalue weighted by molar-refractivity contribution is -0.114. The summed E-state index contributed by atoms with van der Waals surface area (Å²) < 4.78 is 5.21. The molecule has 0 fully saturated rings. The summed E-state index contributed by atoms with van der Waals surface area (Å²) in [7, 11) is 1.60. The van der Waals surface area contributed by atoms with Crippen LogP contribution in [0, 0.1) is 0 Å². The molecule has 1 amide bonds. The first-order chi connectivity index (χ1) is 15.6. The van der Waals surface area contributed by atoms with Crippen molar-refractivity contribution >= 4 is 29.1 Å². The van der Waals surface area contributed by atoms with Crippen LogP contribution >= 0.6 is 11.6 Å². The fourth-order valence-corrected chi connectivity index (χ4v) is 3.24. The Kier molecular flexibility index (Phi) is 6.63. The third-order valence-electron chi connectivity index (χ3n) is 4.71. The highest BCUT2D eigenvalue weighted by Gasteiger charge is 2.11. The van der Waals surface area contributed by atoms with Gasteiger partial charge in [0.1, 0.15) is 5.75 Å². The predicted molar refractivity (Wildman–Crippen MR) is 128 cm³/mol. The highest BCUT2D eigenvalue weighted by atomic mass is 35.5. The standard InChI is InChI=1S/C25H21ClN4O2/c1-32-21-9-5-8-20(14-21)27-16-24(31)30-25-28-22(17-6-3-2-4-7-17)15-23(29-25)18-10-12-19(26)13-11-18/h2-15,27H,16H2,1H3,(H,28,29,30,31). The molecule has 160 valence electrons. The summed E-state index contributed by atoms with van der Waals surface area (Å²) in [5.41, 5.74) is 3.97. The predicted octanol–water partition coefficient (Wildman–Crippen LogP) is 5.52. The van der Waals surface area contributed by atoms with Crippen molar-refractivity contribution in [3.05, 3.63) is 90.0 Å². The van der Waals surface area contributed by atoms with Gasteiger partial charge in [-0.1, -0.05) is 60.1 Å². The van der Waals surface area contributed by atoms with Gasteiger partial charge in [-0.25, -0.2) is 9.97 Å². The van der Waals surface area contributed by atoms with Crippen LogP contribution in [0.3, 0.4) is 0 Å². The maximum absolute atomic E-state index is 12.6. The van der Waals surface area contributed by atoms with Crippen LogP contribution < -0.4 is 15.4 Å². The molecule has 1 aromatic heterocycles. The van der Waals surface area contributed by atoms with Gasteiger partial charge >= 0.3 is 0 Å². The number of hydrogen-bond donors (Lipinski definition) is 2. The molecule has 0 radical (unpaired) electrons. The quantitative estimate of drug-likeness (QED) is 0.392. The van der Waals surface area contributed by atoms with E-state index in [1.54, 1.807) is 19.2 Å². The van der Waals surface area contributed by atoms with E-state index in [1.165, 1.54) is 0 Å². The first-order valence-electron chi connectivity index (χ1n) is 9.99. The Hall–Kier alpha value is -3.90. The molecule has 0 aliphatic heterocycles. The summed E-state index contributed by atoms with van der Waals surface area (Å²) in [6, 6.07) is 26.4. The number of nitrogens with one attached hydrogen (secondary N) is 2. The Bertz CT molecular complexity index is 1210. The van der Waals surface area contributed by atoms with Crippen molar-refractivity contribution in [2.24, 2.45) is 0 Å². The fourth-order valence-electron chi connectivity index (χ4n) is 3.11. The number of rotatable bonds is 7. The zero-order valence-electron chi connectivity index (χ0n) is 17.4. The van der Waals surface area contributed by atoms with Gasteiger partial charge in [0, 0.05) is 27.9 Å². The number of amides is 1. The second-order valence-corrected chi connectivity index (χ2v) is 7.41. The molecule has 3 aromatic carbocycles. The minimum Gasteiger partial charge on any atom is -0.497 e.